The maximum absolute atomic E-state index is 13.0. The number of aliphatic hydroxyl groups excluding tert-OH is 1. The molecule has 19 heteroatoms. The maximum Gasteiger partial charge on any atom is 0.472 e. The van der Waals surface area contributed by atoms with Crippen molar-refractivity contribution in [3.63, 3.8) is 0 Å². The van der Waals surface area contributed by atoms with E-state index in [1.54, 1.807) is 0 Å². The third-order valence-corrected chi connectivity index (χ3v) is 18.6. The van der Waals surface area contributed by atoms with Gasteiger partial charge in [0.15, 0.2) is 12.2 Å². The van der Waals surface area contributed by atoms with E-state index in [1.165, 1.54) is 180 Å². The average molecular weight is 1340 g/mol. The molecular formula is C72H140O17P2. The highest BCUT2D eigenvalue weighted by Gasteiger charge is 2.30. The predicted molar refractivity (Wildman–Crippen MR) is 368 cm³/mol. The van der Waals surface area contributed by atoms with E-state index >= 15 is 0 Å². The smallest absolute Gasteiger partial charge is 0.462 e. The summed E-state index contributed by atoms with van der Waals surface area (Å²) in [5.74, 6) is -0.534. The molecule has 5 atom stereocenters. The molecule has 0 aromatic carbocycles. The van der Waals surface area contributed by atoms with Gasteiger partial charge in [0.25, 0.3) is 0 Å². The number of hydrogen-bond donors (Lipinski definition) is 3. The van der Waals surface area contributed by atoms with Crippen molar-refractivity contribution in [1.82, 2.24) is 0 Å². The molecule has 0 bridgehead atoms. The highest BCUT2D eigenvalue weighted by Crippen LogP contribution is 2.45. The number of carbonyl (C=O) groups excluding carboxylic acids is 4. The van der Waals surface area contributed by atoms with Crippen LogP contribution in [0, 0.1) is 11.8 Å². The van der Waals surface area contributed by atoms with Gasteiger partial charge in [-0.3, -0.25) is 37.3 Å². The van der Waals surface area contributed by atoms with Gasteiger partial charge in [-0.15, -0.1) is 0 Å². The first-order chi connectivity index (χ1) is 43.9. The Morgan fingerprint density at radius 1 is 0.297 bits per heavy atom. The zero-order valence-electron chi connectivity index (χ0n) is 59.1. The maximum atomic E-state index is 13.0. The fraction of sp³-hybridized carbons (Fsp3) is 0.944. The number of phosphoric acid groups is 2. The molecule has 3 N–H and O–H groups in total. The summed E-state index contributed by atoms with van der Waals surface area (Å²) < 4.78 is 68.2. The van der Waals surface area contributed by atoms with Crippen LogP contribution in [0.15, 0.2) is 0 Å². The van der Waals surface area contributed by atoms with Crippen molar-refractivity contribution in [3.05, 3.63) is 0 Å². The van der Waals surface area contributed by atoms with Crippen molar-refractivity contribution in [1.29, 1.82) is 0 Å². The SMILES string of the molecule is CCCCCCCCCCCC(=O)O[C@H](COC(=O)CCCCCCCCCC)COP(=O)(O)OC[C@H](O)COP(=O)(O)OC[C@@H](COC(=O)CCCCCCCCCCCCCCC(C)C)OC(=O)CCCCCCCCCCCCCCCCCCC(C)C. The molecule has 0 aliphatic rings. The first-order valence-corrected chi connectivity index (χ1v) is 40.5. The van der Waals surface area contributed by atoms with Gasteiger partial charge in [-0.25, -0.2) is 9.13 Å². The number of esters is 4. The van der Waals surface area contributed by atoms with E-state index in [9.17, 15) is 43.2 Å². The van der Waals surface area contributed by atoms with Crippen LogP contribution in [-0.4, -0.2) is 96.7 Å². The predicted octanol–water partition coefficient (Wildman–Crippen LogP) is 20.8. The molecule has 0 heterocycles. The lowest BCUT2D eigenvalue weighted by Crippen LogP contribution is -2.30. The molecule has 17 nitrogen and oxygen atoms in total. The molecular weight excluding hydrogens is 1200 g/mol. The Balaban J connectivity index is 5.18. The van der Waals surface area contributed by atoms with Crippen molar-refractivity contribution >= 4 is 39.5 Å². The Hall–Kier alpha value is -1.94. The van der Waals surface area contributed by atoms with Gasteiger partial charge in [0, 0.05) is 25.7 Å². The first kappa shape index (κ1) is 89.1. The highest BCUT2D eigenvalue weighted by molar-refractivity contribution is 7.47. The molecule has 540 valence electrons. The van der Waals surface area contributed by atoms with Crippen LogP contribution in [0.25, 0.3) is 0 Å². The van der Waals surface area contributed by atoms with Crippen LogP contribution >= 0.6 is 15.6 Å². The van der Waals surface area contributed by atoms with Gasteiger partial charge in [-0.05, 0) is 37.5 Å². The van der Waals surface area contributed by atoms with Gasteiger partial charge in [0.05, 0.1) is 26.4 Å². The molecule has 0 aliphatic carbocycles. The Labute approximate surface area is 556 Å². The molecule has 0 aliphatic heterocycles. The van der Waals surface area contributed by atoms with Crippen molar-refractivity contribution in [2.75, 3.05) is 39.6 Å². The fourth-order valence-electron chi connectivity index (χ4n) is 10.9. The third-order valence-electron chi connectivity index (χ3n) is 16.7. The van der Waals surface area contributed by atoms with Crippen LogP contribution in [0.4, 0.5) is 0 Å². The van der Waals surface area contributed by atoms with Gasteiger partial charge >= 0.3 is 39.5 Å². The second-order valence-electron chi connectivity index (χ2n) is 26.9. The Bertz CT molecular complexity index is 1770. The molecule has 0 saturated carbocycles. The zero-order valence-corrected chi connectivity index (χ0v) is 60.9. The van der Waals surface area contributed by atoms with Crippen LogP contribution in [0.5, 0.6) is 0 Å². The summed E-state index contributed by atoms with van der Waals surface area (Å²) in [6, 6.07) is 0. The monoisotopic (exact) mass is 1340 g/mol. The van der Waals surface area contributed by atoms with E-state index < -0.39 is 97.5 Å². The van der Waals surface area contributed by atoms with Gasteiger partial charge < -0.3 is 33.8 Å². The summed E-state index contributed by atoms with van der Waals surface area (Å²) in [6.07, 6.45) is 50.0. The minimum absolute atomic E-state index is 0.106. The van der Waals surface area contributed by atoms with Crippen molar-refractivity contribution in [2.24, 2.45) is 11.8 Å². The van der Waals surface area contributed by atoms with E-state index in [-0.39, 0.29) is 25.7 Å². The number of carbonyl (C=O) groups is 4. The number of unbranched alkanes of at least 4 members (excludes halogenated alkanes) is 41. The quantitative estimate of drug-likeness (QED) is 0.0222. The average Bonchev–Trinajstić information content (AvgIpc) is 3.69. The van der Waals surface area contributed by atoms with Gasteiger partial charge in [-0.2, -0.15) is 0 Å². The van der Waals surface area contributed by atoms with Gasteiger partial charge in [0.2, 0.25) is 0 Å². The summed E-state index contributed by atoms with van der Waals surface area (Å²) in [6.45, 7) is 9.56. The highest BCUT2D eigenvalue weighted by atomic mass is 31.2. The third kappa shape index (κ3) is 66.5. The number of hydrogen-bond acceptors (Lipinski definition) is 15. The second-order valence-corrected chi connectivity index (χ2v) is 29.8. The van der Waals surface area contributed by atoms with E-state index in [1.807, 2.05) is 0 Å². The van der Waals surface area contributed by atoms with E-state index in [4.69, 9.17) is 37.0 Å². The Kier molecular flexibility index (Phi) is 62.7. The lowest BCUT2D eigenvalue weighted by molar-refractivity contribution is -0.161. The first-order valence-electron chi connectivity index (χ1n) is 37.5. The largest absolute Gasteiger partial charge is 0.472 e. The number of phosphoric ester groups is 2. The van der Waals surface area contributed by atoms with Gasteiger partial charge in [0.1, 0.15) is 19.3 Å². The van der Waals surface area contributed by atoms with Crippen LogP contribution in [0.2, 0.25) is 0 Å². The molecule has 91 heavy (non-hydrogen) atoms. The fourth-order valence-corrected chi connectivity index (χ4v) is 12.5. The van der Waals surface area contributed by atoms with Crippen molar-refractivity contribution in [3.8, 4) is 0 Å². The molecule has 0 rings (SSSR count). The van der Waals surface area contributed by atoms with Crippen LogP contribution < -0.4 is 0 Å². The molecule has 0 aromatic heterocycles. The lowest BCUT2D eigenvalue weighted by atomic mass is 10.0. The van der Waals surface area contributed by atoms with E-state index in [0.29, 0.717) is 25.7 Å². The lowest BCUT2D eigenvalue weighted by Gasteiger charge is -2.21. The summed E-state index contributed by atoms with van der Waals surface area (Å²) >= 11 is 0. The molecule has 0 amide bonds. The number of ether oxygens (including phenoxy) is 4. The summed E-state index contributed by atoms with van der Waals surface area (Å²) in [5, 5.41) is 10.6. The molecule has 2 unspecified atom stereocenters. The normalized spacial score (nSPS) is 14.1. The zero-order chi connectivity index (χ0) is 67.2. The Morgan fingerprint density at radius 3 is 0.747 bits per heavy atom. The topological polar surface area (TPSA) is 237 Å². The van der Waals surface area contributed by atoms with Crippen LogP contribution in [-0.2, 0) is 65.4 Å². The van der Waals surface area contributed by atoms with E-state index in [2.05, 4.69) is 41.5 Å². The van der Waals surface area contributed by atoms with E-state index in [0.717, 1.165) is 108 Å². The standard InChI is InChI=1S/C72H140O17P2/c1-7-9-11-13-15-29-38-44-50-56-71(76)88-67(60-82-69(74)54-48-42-36-16-14-12-10-8-2)62-86-90(78,79)84-58-66(73)59-85-91(80,81)87-63-68(61-83-70(75)55-49-43-37-32-27-24-23-26-31-35-41-47-53-65(5)6)89-72(77)57-51-45-39-33-28-22-20-18-17-19-21-25-30-34-40-46-52-64(3)4/h64-68,73H,7-63H2,1-6H3,(H,78,79)(H,80,81)/t66-,67+,68+/m0/s1. The van der Waals surface area contributed by atoms with Crippen molar-refractivity contribution in [2.45, 2.75) is 387 Å². The molecule has 0 radical (unpaired) electrons. The minimum atomic E-state index is -4.95. The van der Waals surface area contributed by atoms with Crippen LogP contribution in [0.3, 0.4) is 0 Å². The summed E-state index contributed by atoms with van der Waals surface area (Å²) in [5.41, 5.74) is 0. The summed E-state index contributed by atoms with van der Waals surface area (Å²) in [4.78, 5) is 72.5. The van der Waals surface area contributed by atoms with Gasteiger partial charge in [-0.1, -0.05) is 318 Å². The molecule has 0 spiro atoms. The molecule has 0 saturated heterocycles. The molecule has 0 fully saturated rings. The Morgan fingerprint density at radius 2 is 0.505 bits per heavy atom. The van der Waals surface area contributed by atoms with Crippen molar-refractivity contribution < 1.29 is 80.2 Å². The molecule has 0 aromatic rings. The summed E-state index contributed by atoms with van der Waals surface area (Å²) in [7, 11) is -9.90. The number of aliphatic hydroxyl groups is 1. The minimum Gasteiger partial charge on any atom is -0.462 e. The van der Waals surface area contributed by atoms with Crippen LogP contribution in [0.1, 0.15) is 369 Å². The number of rotatable bonds is 71. The second kappa shape index (κ2) is 64.1.